The lowest BCUT2D eigenvalue weighted by molar-refractivity contribution is 0.109. The fourth-order valence-corrected chi connectivity index (χ4v) is 3.52. The summed E-state index contributed by atoms with van der Waals surface area (Å²) in [5.41, 5.74) is 1.98. The van der Waals surface area contributed by atoms with Crippen molar-refractivity contribution in [2.24, 2.45) is 0 Å². The van der Waals surface area contributed by atoms with Crippen molar-refractivity contribution in [2.45, 2.75) is 103 Å². The van der Waals surface area contributed by atoms with Crippen molar-refractivity contribution < 1.29 is 4.79 Å². The van der Waals surface area contributed by atoms with Crippen LogP contribution < -0.4 is 0 Å². The van der Waals surface area contributed by atoms with Gasteiger partial charge in [0.1, 0.15) is 0 Å². The van der Waals surface area contributed by atoms with Crippen LogP contribution in [0.5, 0.6) is 0 Å². The van der Waals surface area contributed by atoms with Crippen LogP contribution in [0.1, 0.15) is 113 Å². The summed E-state index contributed by atoms with van der Waals surface area (Å²) in [7, 11) is 0. The molecule has 0 spiro atoms. The van der Waals surface area contributed by atoms with Crippen LogP contribution >= 0.6 is 12.6 Å². The Morgan fingerprint density at radius 2 is 1.24 bits per heavy atom. The number of aryl methyl sites for hydroxylation is 1. The molecule has 1 nitrogen and oxygen atoms in total. The second-order valence-corrected chi connectivity index (χ2v) is 7.76. The molecule has 1 rings (SSSR count). The van der Waals surface area contributed by atoms with E-state index in [1.807, 2.05) is 18.2 Å². The number of thiol groups is 1. The Labute approximate surface area is 161 Å². The Kier molecular flexibility index (Phi) is 13.8. The molecule has 25 heavy (non-hydrogen) atoms. The predicted molar refractivity (Wildman–Crippen MR) is 114 cm³/mol. The van der Waals surface area contributed by atoms with Crippen molar-refractivity contribution in [3.05, 3.63) is 35.4 Å². The molecule has 0 radical (unpaired) electrons. The summed E-state index contributed by atoms with van der Waals surface area (Å²) >= 11 is 3.89. The maximum Gasteiger partial charge on any atom is 0.216 e. The average molecular weight is 363 g/mol. The van der Waals surface area contributed by atoms with Gasteiger partial charge in [0.05, 0.1) is 0 Å². The standard InChI is InChI=1S/C23H38OS/c1-2-3-4-5-6-7-8-9-10-11-12-13-14-15-17-21-18-16-19-22(20-21)23(24)25/h16,18-20H,2-15,17H2,1H3,(H,24,25). The van der Waals surface area contributed by atoms with Crippen LogP contribution in [0, 0.1) is 0 Å². The summed E-state index contributed by atoms with van der Waals surface area (Å²) < 4.78 is 0. The van der Waals surface area contributed by atoms with E-state index < -0.39 is 0 Å². The summed E-state index contributed by atoms with van der Waals surface area (Å²) in [5, 5.41) is -0.136. The highest BCUT2D eigenvalue weighted by Crippen LogP contribution is 2.15. The summed E-state index contributed by atoms with van der Waals surface area (Å²) in [6.07, 6.45) is 20.5. The average Bonchev–Trinajstić information content (AvgIpc) is 2.62. The monoisotopic (exact) mass is 362 g/mol. The molecule has 0 saturated carbocycles. The third-order valence-corrected chi connectivity index (χ3v) is 5.25. The van der Waals surface area contributed by atoms with E-state index in [0.717, 1.165) is 6.42 Å². The lowest BCUT2D eigenvalue weighted by Crippen LogP contribution is -1.92. The molecule has 142 valence electrons. The number of benzene rings is 1. The molecule has 0 aliphatic heterocycles. The topological polar surface area (TPSA) is 17.1 Å². The maximum absolute atomic E-state index is 11.3. The molecule has 0 bridgehead atoms. The maximum atomic E-state index is 11.3. The first-order valence-electron chi connectivity index (χ1n) is 10.6. The van der Waals surface area contributed by atoms with Crippen LogP contribution in [0.15, 0.2) is 24.3 Å². The molecular weight excluding hydrogens is 324 g/mol. The fraction of sp³-hybridized carbons (Fsp3) is 0.696. The Hall–Kier alpha value is -0.760. The minimum atomic E-state index is -0.136. The molecule has 0 aromatic heterocycles. The molecule has 0 unspecified atom stereocenters. The second-order valence-electron chi connectivity index (χ2n) is 7.35. The molecule has 0 atom stereocenters. The van der Waals surface area contributed by atoms with Gasteiger partial charge < -0.3 is 0 Å². The Bertz CT molecular complexity index is 455. The van der Waals surface area contributed by atoms with Crippen molar-refractivity contribution in [2.75, 3.05) is 0 Å². The normalized spacial score (nSPS) is 11.0. The smallest absolute Gasteiger partial charge is 0.216 e. The van der Waals surface area contributed by atoms with Gasteiger partial charge in [-0.05, 0) is 24.5 Å². The van der Waals surface area contributed by atoms with E-state index in [2.05, 4.69) is 25.6 Å². The predicted octanol–water partition coefficient (Wildman–Crippen LogP) is 7.78. The largest absolute Gasteiger partial charge is 0.282 e. The molecular formula is C23H38OS. The van der Waals surface area contributed by atoms with Gasteiger partial charge in [-0.15, -0.1) is 12.6 Å². The highest BCUT2D eigenvalue weighted by molar-refractivity contribution is 7.97. The Balaban J connectivity index is 1.87. The summed E-state index contributed by atoms with van der Waals surface area (Å²) in [5.74, 6) is 0. The van der Waals surface area contributed by atoms with Gasteiger partial charge in [-0.25, -0.2) is 0 Å². The molecule has 0 heterocycles. The first-order valence-corrected chi connectivity index (χ1v) is 11.0. The summed E-state index contributed by atoms with van der Waals surface area (Å²) in [6.45, 7) is 2.28. The number of carbonyl (C=O) groups is 1. The SMILES string of the molecule is CCCCCCCCCCCCCCCCc1cccc(C(=O)S)c1. The summed E-state index contributed by atoms with van der Waals surface area (Å²) in [6, 6.07) is 7.90. The highest BCUT2D eigenvalue weighted by Gasteiger charge is 2.01. The molecule has 1 aromatic rings. The number of rotatable bonds is 16. The quantitative estimate of drug-likeness (QED) is 0.235. The van der Waals surface area contributed by atoms with Gasteiger partial charge in [-0.2, -0.15) is 0 Å². The zero-order valence-corrected chi connectivity index (χ0v) is 17.2. The van der Waals surface area contributed by atoms with Crippen LogP contribution in [-0.4, -0.2) is 5.12 Å². The molecule has 0 saturated heterocycles. The van der Waals surface area contributed by atoms with E-state index in [1.54, 1.807) is 0 Å². The second kappa shape index (κ2) is 15.5. The van der Waals surface area contributed by atoms with E-state index in [9.17, 15) is 4.79 Å². The molecule has 0 amide bonds. The first kappa shape index (κ1) is 22.3. The number of unbranched alkanes of at least 4 members (excludes halogenated alkanes) is 13. The van der Waals surface area contributed by atoms with E-state index in [1.165, 1.54) is 95.5 Å². The van der Waals surface area contributed by atoms with Crippen LogP contribution in [0.2, 0.25) is 0 Å². The van der Waals surface area contributed by atoms with E-state index in [0.29, 0.717) is 5.56 Å². The highest BCUT2D eigenvalue weighted by atomic mass is 32.1. The van der Waals surface area contributed by atoms with Crippen molar-refractivity contribution >= 4 is 17.7 Å². The minimum absolute atomic E-state index is 0.136. The zero-order chi connectivity index (χ0) is 18.2. The molecule has 0 N–H and O–H groups in total. The van der Waals surface area contributed by atoms with Gasteiger partial charge in [-0.1, -0.05) is 109 Å². The Morgan fingerprint density at radius 1 is 0.760 bits per heavy atom. The molecule has 0 aliphatic rings. The minimum Gasteiger partial charge on any atom is -0.282 e. The first-order chi connectivity index (χ1) is 12.2. The van der Waals surface area contributed by atoms with Gasteiger partial charge in [0.15, 0.2) is 0 Å². The third-order valence-electron chi connectivity index (χ3n) is 4.99. The molecule has 2 heteroatoms. The zero-order valence-electron chi connectivity index (χ0n) is 16.3. The van der Waals surface area contributed by atoms with Crippen molar-refractivity contribution in [1.82, 2.24) is 0 Å². The van der Waals surface area contributed by atoms with E-state index in [-0.39, 0.29) is 5.12 Å². The molecule has 0 aliphatic carbocycles. The van der Waals surface area contributed by atoms with Crippen LogP contribution in [0.3, 0.4) is 0 Å². The van der Waals surface area contributed by atoms with E-state index in [4.69, 9.17) is 0 Å². The number of hydrogen-bond donors (Lipinski definition) is 1. The van der Waals surface area contributed by atoms with Crippen molar-refractivity contribution in [3.63, 3.8) is 0 Å². The van der Waals surface area contributed by atoms with Crippen molar-refractivity contribution in [1.29, 1.82) is 0 Å². The number of hydrogen-bond acceptors (Lipinski definition) is 1. The van der Waals surface area contributed by atoms with Crippen molar-refractivity contribution in [3.8, 4) is 0 Å². The number of carbonyl (C=O) groups excluding carboxylic acids is 1. The van der Waals surface area contributed by atoms with Crippen LogP contribution in [0.25, 0.3) is 0 Å². The van der Waals surface area contributed by atoms with Crippen LogP contribution in [-0.2, 0) is 6.42 Å². The Morgan fingerprint density at radius 3 is 1.72 bits per heavy atom. The lowest BCUT2D eigenvalue weighted by Gasteiger charge is -2.04. The van der Waals surface area contributed by atoms with E-state index >= 15 is 0 Å². The van der Waals surface area contributed by atoms with Gasteiger partial charge in [0, 0.05) is 5.56 Å². The summed E-state index contributed by atoms with van der Waals surface area (Å²) in [4.78, 5) is 11.3. The third kappa shape index (κ3) is 12.3. The molecule has 0 fully saturated rings. The van der Waals surface area contributed by atoms with Gasteiger partial charge in [0.2, 0.25) is 5.12 Å². The molecule has 1 aromatic carbocycles. The van der Waals surface area contributed by atoms with Gasteiger partial charge in [0.25, 0.3) is 0 Å². The lowest BCUT2D eigenvalue weighted by atomic mass is 10.0. The van der Waals surface area contributed by atoms with Crippen LogP contribution in [0.4, 0.5) is 0 Å². The van der Waals surface area contributed by atoms with Gasteiger partial charge in [-0.3, -0.25) is 4.79 Å². The fourth-order valence-electron chi connectivity index (χ4n) is 3.38. The van der Waals surface area contributed by atoms with Gasteiger partial charge >= 0.3 is 0 Å².